The van der Waals surface area contributed by atoms with E-state index in [1.807, 2.05) is 0 Å². The molecule has 5 heteroatoms. The third-order valence-electron chi connectivity index (χ3n) is 2.78. The minimum absolute atomic E-state index is 0.0104. The SMILES string of the molecule is NC1CC(CF)(CF)Oc2ccc(F)cc21. The van der Waals surface area contributed by atoms with Crippen LogP contribution in [0.5, 0.6) is 5.75 Å². The molecular formula is C11H12F3NO. The number of rotatable bonds is 2. The maximum absolute atomic E-state index is 13.0. The third-order valence-corrected chi connectivity index (χ3v) is 2.78. The van der Waals surface area contributed by atoms with Gasteiger partial charge in [0.15, 0.2) is 5.60 Å². The molecule has 1 aromatic carbocycles. The summed E-state index contributed by atoms with van der Waals surface area (Å²) in [5.41, 5.74) is 4.71. The van der Waals surface area contributed by atoms with Gasteiger partial charge in [0, 0.05) is 18.0 Å². The molecule has 16 heavy (non-hydrogen) atoms. The van der Waals surface area contributed by atoms with Crippen LogP contribution in [-0.2, 0) is 0 Å². The van der Waals surface area contributed by atoms with E-state index in [1.165, 1.54) is 18.2 Å². The molecule has 2 N–H and O–H groups in total. The van der Waals surface area contributed by atoms with Crippen LogP contribution in [0.3, 0.4) is 0 Å². The highest BCUT2D eigenvalue weighted by molar-refractivity contribution is 5.39. The second-order valence-electron chi connectivity index (χ2n) is 4.05. The Labute approximate surface area is 91.2 Å². The Morgan fingerprint density at radius 2 is 2.06 bits per heavy atom. The largest absolute Gasteiger partial charge is 0.481 e. The summed E-state index contributed by atoms with van der Waals surface area (Å²) in [5, 5.41) is 0. The van der Waals surface area contributed by atoms with Crippen LogP contribution < -0.4 is 10.5 Å². The van der Waals surface area contributed by atoms with Crippen molar-refractivity contribution in [3.8, 4) is 5.75 Å². The van der Waals surface area contributed by atoms with Gasteiger partial charge in [-0.1, -0.05) is 0 Å². The normalized spacial score (nSPS) is 22.4. The van der Waals surface area contributed by atoms with Crippen LogP contribution in [0.1, 0.15) is 18.0 Å². The molecule has 1 aliphatic rings. The number of hydrogen-bond acceptors (Lipinski definition) is 2. The number of halogens is 3. The van der Waals surface area contributed by atoms with Crippen LogP contribution in [0, 0.1) is 5.82 Å². The first-order valence-corrected chi connectivity index (χ1v) is 4.96. The molecule has 1 unspecified atom stereocenters. The van der Waals surface area contributed by atoms with E-state index < -0.39 is 30.8 Å². The summed E-state index contributed by atoms with van der Waals surface area (Å²) in [4.78, 5) is 0. The van der Waals surface area contributed by atoms with Crippen LogP contribution in [-0.4, -0.2) is 19.0 Å². The first-order valence-electron chi connectivity index (χ1n) is 4.96. The molecule has 88 valence electrons. The van der Waals surface area contributed by atoms with Gasteiger partial charge in [-0.15, -0.1) is 0 Å². The molecule has 0 amide bonds. The van der Waals surface area contributed by atoms with Crippen LogP contribution in [0.15, 0.2) is 18.2 Å². The lowest BCUT2D eigenvalue weighted by atomic mass is 9.89. The van der Waals surface area contributed by atoms with Gasteiger partial charge in [-0.2, -0.15) is 0 Å². The second kappa shape index (κ2) is 3.97. The van der Waals surface area contributed by atoms with E-state index in [1.54, 1.807) is 0 Å². The van der Waals surface area contributed by atoms with Gasteiger partial charge in [0.1, 0.15) is 24.9 Å². The fourth-order valence-electron chi connectivity index (χ4n) is 1.89. The van der Waals surface area contributed by atoms with Crippen molar-refractivity contribution in [2.45, 2.75) is 18.1 Å². The van der Waals surface area contributed by atoms with Gasteiger partial charge in [0.05, 0.1) is 0 Å². The van der Waals surface area contributed by atoms with E-state index in [2.05, 4.69) is 0 Å². The van der Waals surface area contributed by atoms with E-state index in [4.69, 9.17) is 10.5 Å². The van der Waals surface area contributed by atoms with Gasteiger partial charge in [0.25, 0.3) is 0 Å². The summed E-state index contributed by atoms with van der Waals surface area (Å²) in [7, 11) is 0. The van der Waals surface area contributed by atoms with Crippen molar-refractivity contribution >= 4 is 0 Å². The topological polar surface area (TPSA) is 35.2 Å². The van der Waals surface area contributed by atoms with Crippen molar-refractivity contribution in [2.75, 3.05) is 13.3 Å². The Hall–Kier alpha value is -1.23. The monoisotopic (exact) mass is 231 g/mol. The molecule has 2 nitrogen and oxygen atoms in total. The third kappa shape index (κ3) is 1.75. The van der Waals surface area contributed by atoms with Crippen molar-refractivity contribution in [1.82, 2.24) is 0 Å². The lowest BCUT2D eigenvalue weighted by molar-refractivity contribution is -0.00792. The maximum atomic E-state index is 13.0. The summed E-state index contributed by atoms with van der Waals surface area (Å²) in [6.45, 7) is -1.90. The zero-order chi connectivity index (χ0) is 11.8. The zero-order valence-electron chi connectivity index (χ0n) is 8.55. The Balaban J connectivity index is 2.40. The van der Waals surface area contributed by atoms with Gasteiger partial charge in [0.2, 0.25) is 0 Å². The molecule has 1 atom stereocenters. The average Bonchev–Trinajstić information content (AvgIpc) is 2.30. The minimum Gasteiger partial charge on any atom is -0.481 e. The van der Waals surface area contributed by atoms with Gasteiger partial charge in [-0.05, 0) is 18.2 Å². The Bertz CT molecular complexity index is 393. The van der Waals surface area contributed by atoms with E-state index in [-0.39, 0.29) is 12.2 Å². The van der Waals surface area contributed by atoms with Crippen LogP contribution in [0.2, 0.25) is 0 Å². The molecule has 0 radical (unpaired) electrons. The summed E-state index contributed by atoms with van der Waals surface area (Å²) >= 11 is 0. The summed E-state index contributed by atoms with van der Waals surface area (Å²) in [5.74, 6) is -0.179. The fourth-order valence-corrected chi connectivity index (χ4v) is 1.89. The van der Waals surface area contributed by atoms with Gasteiger partial charge in [-0.3, -0.25) is 0 Å². The lowest BCUT2D eigenvalue weighted by Crippen LogP contribution is -2.46. The number of ether oxygens (including phenoxy) is 1. The van der Waals surface area contributed by atoms with E-state index in [9.17, 15) is 13.2 Å². The lowest BCUT2D eigenvalue weighted by Gasteiger charge is -2.37. The number of nitrogens with two attached hydrogens (primary N) is 1. The molecule has 0 bridgehead atoms. The molecule has 0 aromatic heterocycles. The van der Waals surface area contributed by atoms with Crippen LogP contribution in [0.25, 0.3) is 0 Å². The number of alkyl halides is 2. The number of fused-ring (bicyclic) bond motifs is 1. The predicted molar refractivity (Wildman–Crippen MR) is 53.3 cm³/mol. The smallest absolute Gasteiger partial charge is 0.167 e. The molecule has 0 saturated carbocycles. The zero-order valence-corrected chi connectivity index (χ0v) is 8.55. The maximum Gasteiger partial charge on any atom is 0.167 e. The predicted octanol–water partition coefficient (Wildman–Crippen LogP) is 2.29. The number of hydrogen-bond donors (Lipinski definition) is 1. The molecule has 0 aliphatic carbocycles. The first-order chi connectivity index (χ1) is 7.60. The highest BCUT2D eigenvalue weighted by atomic mass is 19.1. The molecule has 2 rings (SSSR count). The molecular weight excluding hydrogens is 219 g/mol. The Morgan fingerprint density at radius 1 is 1.38 bits per heavy atom. The molecule has 1 aromatic rings. The molecule has 1 heterocycles. The number of benzene rings is 1. The average molecular weight is 231 g/mol. The summed E-state index contributed by atoms with van der Waals surface area (Å²) in [6, 6.07) is 3.16. The molecule has 0 spiro atoms. The molecule has 0 saturated heterocycles. The highest BCUT2D eigenvalue weighted by Gasteiger charge is 2.40. The summed E-state index contributed by atoms with van der Waals surface area (Å²) in [6.07, 6.45) is 0.0104. The molecule has 0 fully saturated rings. The van der Waals surface area contributed by atoms with E-state index in [0.29, 0.717) is 5.56 Å². The van der Waals surface area contributed by atoms with Crippen molar-refractivity contribution in [3.05, 3.63) is 29.6 Å². The standard InChI is InChI=1S/C11H12F3NO/c12-5-11(6-13)4-9(15)8-3-7(14)1-2-10(8)16-11/h1-3,9H,4-6,15H2. The highest BCUT2D eigenvalue weighted by Crippen LogP contribution is 2.39. The van der Waals surface area contributed by atoms with Crippen molar-refractivity contribution in [1.29, 1.82) is 0 Å². The molecule has 1 aliphatic heterocycles. The Morgan fingerprint density at radius 3 is 2.69 bits per heavy atom. The summed E-state index contributed by atoms with van der Waals surface area (Å²) < 4.78 is 43.8. The van der Waals surface area contributed by atoms with E-state index in [0.717, 1.165) is 0 Å². The van der Waals surface area contributed by atoms with Crippen molar-refractivity contribution in [3.63, 3.8) is 0 Å². The van der Waals surface area contributed by atoms with Crippen molar-refractivity contribution in [2.24, 2.45) is 5.73 Å². The van der Waals surface area contributed by atoms with Gasteiger partial charge < -0.3 is 10.5 Å². The van der Waals surface area contributed by atoms with Gasteiger partial charge >= 0.3 is 0 Å². The Kier molecular flexibility index (Phi) is 2.80. The van der Waals surface area contributed by atoms with Crippen LogP contribution in [0.4, 0.5) is 13.2 Å². The van der Waals surface area contributed by atoms with Crippen molar-refractivity contribution < 1.29 is 17.9 Å². The minimum atomic E-state index is -1.51. The van der Waals surface area contributed by atoms with Crippen LogP contribution >= 0.6 is 0 Å². The van der Waals surface area contributed by atoms with Gasteiger partial charge in [-0.25, -0.2) is 13.2 Å². The van der Waals surface area contributed by atoms with E-state index >= 15 is 0 Å². The quantitative estimate of drug-likeness (QED) is 0.847. The first kappa shape index (κ1) is 11.3. The second-order valence-corrected chi connectivity index (χ2v) is 4.05. The fraction of sp³-hybridized carbons (Fsp3) is 0.455.